The van der Waals surface area contributed by atoms with Crippen LogP contribution in [0.25, 0.3) is 0 Å². The summed E-state index contributed by atoms with van der Waals surface area (Å²) in [5, 5.41) is 9.66. The Hall–Kier alpha value is -2.67. The Morgan fingerprint density at radius 1 is 1.06 bits per heavy atom. The van der Waals surface area contributed by atoms with Crippen LogP contribution in [0.2, 0.25) is 0 Å². The summed E-state index contributed by atoms with van der Waals surface area (Å²) in [6.45, 7) is 2.72. The average molecular weight is 474 g/mol. The first-order valence-corrected chi connectivity index (χ1v) is 11.7. The molecule has 2 bridgehead atoms. The molecule has 0 saturated carbocycles. The fourth-order valence-electron chi connectivity index (χ4n) is 4.63. The number of rotatable bonds is 2. The molecule has 1 aromatic rings. The van der Waals surface area contributed by atoms with E-state index in [1.807, 2.05) is 6.92 Å². The summed E-state index contributed by atoms with van der Waals surface area (Å²) in [7, 11) is 6.61. The van der Waals surface area contributed by atoms with Gasteiger partial charge in [-0.2, -0.15) is 5.26 Å². The summed E-state index contributed by atoms with van der Waals surface area (Å²) in [6, 6.07) is 7.04. The van der Waals surface area contributed by atoms with Gasteiger partial charge in [-0.05, 0) is 31.4 Å². The lowest BCUT2D eigenvalue weighted by molar-refractivity contribution is -0.147. The highest BCUT2D eigenvalue weighted by Gasteiger charge is 2.34. The Morgan fingerprint density at radius 2 is 1.79 bits per heavy atom. The number of nitriles is 1. The largest absolute Gasteiger partial charge is 0.489 e. The molecular formula is C25H35N3O6. The highest BCUT2D eigenvalue weighted by molar-refractivity contribution is 5.97. The van der Waals surface area contributed by atoms with Crippen LogP contribution in [0.4, 0.5) is 0 Å². The van der Waals surface area contributed by atoms with Crippen molar-refractivity contribution in [2.45, 2.75) is 50.6 Å². The highest BCUT2D eigenvalue weighted by Crippen LogP contribution is 2.29. The third kappa shape index (κ3) is 5.69. The van der Waals surface area contributed by atoms with E-state index in [-0.39, 0.29) is 60.2 Å². The van der Waals surface area contributed by atoms with E-state index in [1.54, 1.807) is 44.3 Å². The zero-order chi connectivity index (χ0) is 24.8. The minimum Gasteiger partial charge on any atom is -0.489 e. The first kappa shape index (κ1) is 25.9. The van der Waals surface area contributed by atoms with E-state index >= 15 is 0 Å². The maximum atomic E-state index is 13.4. The first-order valence-electron chi connectivity index (χ1n) is 11.7. The quantitative estimate of drug-likeness (QED) is 0.648. The highest BCUT2D eigenvalue weighted by atomic mass is 16.6. The molecule has 0 N–H and O–H groups in total. The third-order valence-corrected chi connectivity index (χ3v) is 6.83. The summed E-state index contributed by atoms with van der Waals surface area (Å²) >= 11 is 0. The molecule has 186 valence electrons. The number of hydrogen-bond acceptors (Lipinski definition) is 7. The number of ether oxygens (including phenoxy) is 4. The fraction of sp³-hybridized carbons (Fsp3) is 0.640. The summed E-state index contributed by atoms with van der Waals surface area (Å²) in [6.07, 6.45) is 1.25. The Bertz CT molecular complexity index is 916. The van der Waals surface area contributed by atoms with Crippen LogP contribution in [0, 0.1) is 17.2 Å². The number of benzene rings is 1. The molecule has 34 heavy (non-hydrogen) atoms. The van der Waals surface area contributed by atoms with Crippen molar-refractivity contribution in [3.05, 3.63) is 29.3 Å². The van der Waals surface area contributed by atoms with Crippen molar-refractivity contribution < 1.29 is 28.5 Å². The van der Waals surface area contributed by atoms with Crippen molar-refractivity contribution in [3.8, 4) is 11.8 Å². The van der Waals surface area contributed by atoms with Gasteiger partial charge in [0.2, 0.25) is 5.91 Å². The second-order valence-electron chi connectivity index (χ2n) is 9.05. The zero-order valence-corrected chi connectivity index (χ0v) is 20.7. The van der Waals surface area contributed by atoms with Gasteiger partial charge in [-0.3, -0.25) is 9.59 Å². The van der Waals surface area contributed by atoms with Gasteiger partial charge in [0, 0.05) is 41.4 Å². The molecule has 2 heterocycles. The van der Waals surface area contributed by atoms with Gasteiger partial charge in [0.25, 0.3) is 5.91 Å². The van der Waals surface area contributed by atoms with Gasteiger partial charge in [0.05, 0.1) is 35.4 Å². The normalized spacial score (nSPS) is 29.2. The van der Waals surface area contributed by atoms with Crippen LogP contribution < -0.4 is 4.74 Å². The van der Waals surface area contributed by atoms with Crippen molar-refractivity contribution in [2.75, 3.05) is 48.0 Å². The van der Waals surface area contributed by atoms with Gasteiger partial charge in [-0.1, -0.05) is 13.0 Å². The van der Waals surface area contributed by atoms with Crippen LogP contribution in [-0.4, -0.2) is 94.0 Å². The molecule has 9 heteroatoms. The number of para-hydroxylation sites is 1. The van der Waals surface area contributed by atoms with Crippen LogP contribution in [-0.2, 0) is 19.0 Å². The van der Waals surface area contributed by atoms with Gasteiger partial charge < -0.3 is 28.7 Å². The monoisotopic (exact) mass is 473 g/mol. The van der Waals surface area contributed by atoms with E-state index in [1.165, 1.54) is 12.0 Å². The molecule has 3 rings (SSSR count). The number of methoxy groups -OCH3 is 2. The lowest BCUT2D eigenvalue weighted by atomic mass is 9.98. The van der Waals surface area contributed by atoms with Gasteiger partial charge in [0.15, 0.2) is 0 Å². The molecule has 1 fully saturated rings. The number of hydrogen-bond donors (Lipinski definition) is 0. The summed E-state index contributed by atoms with van der Waals surface area (Å²) < 4.78 is 23.6. The third-order valence-electron chi connectivity index (χ3n) is 6.83. The molecule has 1 aromatic carbocycles. The molecular weight excluding hydrogens is 438 g/mol. The number of amides is 2. The van der Waals surface area contributed by atoms with Gasteiger partial charge in [0.1, 0.15) is 24.5 Å². The number of likely N-dealkylation sites (N-methyl/N-ethyl adjacent to an activating group) is 1. The van der Waals surface area contributed by atoms with Crippen molar-refractivity contribution in [3.63, 3.8) is 0 Å². The molecule has 1 saturated heterocycles. The SMILES string of the molecule is CO[C@H]1CC[C@H]2CCN(C)C(=O)[C@@H](C)[C@H](OC)CN(C)C(=O)c3cccc(C#N)c3OC[C@@H]1O2. The van der Waals surface area contributed by atoms with Crippen molar-refractivity contribution in [1.82, 2.24) is 9.80 Å². The molecule has 2 aliphatic heterocycles. The van der Waals surface area contributed by atoms with Gasteiger partial charge >= 0.3 is 0 Å². The molecule has 2 amide bonds. The lowest BCUT2D eigenvalue weighted by Crippen LogP contribution is -2.47. The van der Waals surface area contributed by atoms with E-state index in [2.05, 4.69) is 6.07 Å². The topological polar surface area (TPSA) is 101 Å². The Kier molecular flexibility index (Phi) is 8.89. The summed E-state index contributed by atoms with van der Waals surface area (Å²) in [5.41, 5.74) is 0.552. The van der Waals surface area contributed by atoms with Crippen LogP contribution in [0.3, 0.4) is 0 Å². The molecule has 0 radical (unpaired) electrons. The Morgan fingerprint density at radius 3 is 2.47 bits per heavy atom. The summed E-state index contributed by atoms with van der Waals surface area (Å²) in [4.78, 5) is 29.7. The Balaban J connectivity index is 1.98. The average Bonchev–Trinajstić information content (AvgIpc) is 2.86. The maximum absolute atomic E-state index is 13.4. The minimum atomic E-state index is -0.488. The van der Waals surface area contributed by atoms with Crippen LogP contribution in [0.1, 0.15) is 42.1 Å². The molecule has 5 atom stereocenters. The molecule has 0 aromatic heterocycles. The van der Waals surface area contributed by atoms with E-state index < -0.39 is 12.0 Å². The Labute approximate surface area is 201 Å². The second-order valence-corrected chi connectivity index (χ2v) is 9.05. The first-order chi connectivity index (χ1) is 16.3. The molecule has 0 aliphatic carbocycles. The van der Waals surface area contributed by atoms with Crippen LogP contribution >= 0.6 is 0 Å². The van der Waals surface area contributed by atoms with Crippen LogP contribution in [0.15, 0.2) is 18.2 Å². The smallest absolute Gasteiger partial charge is 0.257 e. The number of carbonyl (C=O) groups excluding carboxylic acids is 2. The molecule has 9 nitrogen and oxygen atoms in total. The molecule has 2 aliphatic rings. The second kappa shape index (κ2) is 11.6. The zero-order valence-electron chi connectivity index (χ0n) is 20.7. The fourth-order valence-corrected chi connectivity index (χ4v) is 4.63. The van der Waals surface area contributed by atoms with E-state index in [0.717, 1.165) is 12.8 Å². The van der Waals surface area contributed by atoms with E-state index in [4.69, 9.17) is 18.9 Å². The number of carbonyl (C=O) groups is 2. The summed E-state index contributed by atoms with van der Waals surface area (Å²) in [5.74, 6) is -0.582. The standard InChI is InChI=1S/C25H35N3O6/c1-16-21(32-5)14-28(3)25(30)19-8-6-7-17(13-26)23(19)33-15-22-20(31-4)10-9-18(34-22)11-12-27(2)24(16)29/h6-8,16,18,20-22H,9-12,14-15H2,1-5H3/t16-,18-,20-,21+,22-/m0/s1. The van der Waals surface area contributed by atoms with E-state index in [0.29, 0.717) is 13.0 Å². The molecule has 0 spiro atoms. The van der Waals surface area contributed by atoms with Crippen molar-refractivity contribution in [2.24, 2.45) is 5.92 Å². The maximum Gasteiger partial charge on any atom is 0.257 e. The number of nitrogens with zero attached hydrogens (tertiary/aromatic N) is 3. The van der Waals surface area contributed by atoms with Gasteiger partial charge in [-0.15, -0.1) is 0 Å². The minimum absolute atomic E-state index is 0.0441. The predicted molar refractivity (Wildman–Crippen MR) is 125 cm³/mol. The molecule has 0 unspecified atom stereocenters. The predicted octanol–water partition coefficient (Wildman–Crippen LogP) is 2.08. The van der Waals surface area contributed by atoms with Crippen LogP contribution in [0.5, 0.6) is 5.75 Å². The van der Waals surface area contributed by atoms with Gasteiger partial charge in [-0.25, -0.2) is 0 Å². The number of fused-ring (bicyclic) bond motifs is 3. The van der Waals surface area contributed by atoms with Crippen molar-refractivity contribution >= 4 is 11.8 Å². The lowest BCUT2D eigenvalue weighted by Gasteiger charge is -2.37. The van der Waals surface area contributed by atoms with Crippen molar-refractivity contribution in [1.29, 1.82) is 5.26 Å². The van der Waals surface area contributed by atoms with E-state index in [9.17, 15) is 14.9 Å².